The number of nitrogens with one attached hydrogen (secondary N) is 1. The summed E-state index contributed by atoms with van der Waals surface area (Å²) in [4.78, 5) is 4.16. The Morgan fingerprint density at radius 1 is 1.38 bits per heavy atom. The number of aromatic nitrogens is 1. The molecule has 5 nitrogen and oxygen atoms in total. The Labute approximate surface area is 96.0 Å². The smallest absolute Gasteiger partial charge is 0.126 e. The van der Waals surface area contributed by atoms with Gasteiger partial charge in [0.25, 0.3) is 0 Å². The van der Waals surface area contributed by atoms with Gasteiger partial charge >= 0.3 is 0 Å². The maximum absolute atomic E-state index is 5.67. The molecule has 0 saturated heterocycles. The largest absolute Gasteiger partial charge is 0.397 e. The van der Waals surface area contributed by atoms with Crippen molar-refractivity contribution in [1.82, 2.24) is 4.98 Å². The average molecular weight is 225 g/mol. The third-order valence-electron chi connectivity index (χ3n) is 2.14. The lowest BCUT2D eigenvalue weighted by molar-refractivity contribution is 0.0759. The molecule has 0 aliphatic carbocycles. The molecule has 0 aliphatic heterocycles. The van der Waals surface area contributed by atoms with E-state index < -0.39 is 0 Å². The average Bonchev–Trinajstić information content (AvgIpc) is 2.28. The van der Waals surface area contributed by atoms with Crippen LogP contribution in [0.25, 0.3) is 0 Å². The van der Waals surface area contributed by atoms with E-state index in [0.29, 0.717) is 25.5 Å². The third kappa shape index (κ3) is 4.46. The second kappa shape index (κ2) is 7.03. The quantitative estimate of drug-likeness (QED) is 0.679. The summed E-state index contributed by atoms with van der Waals surface area (Å²) in [6, 6.07) is 1.92. The summed E-state index contributed by atoms with van der Waals surface area (Å²) in [6.45, 7) is 4.55. The molecule has 1 aromatic rings. The standard InChI is InChI=1S/C11H19N3O2/c1-9-7-11(14-8-10(9)12)13-3-4-16-6-5-15-2/h7-8H,3-6,12H2,1-2H3,(H,13,14). The second-order valence-corrected chi connectivity index (χ2v) is 3.46. The number of pyridine rings is 1. The van der Waals surface area contributed by atoms with Crippen molar-refractivity contribution in [3.63, 3.8) is 0 Å². The fourth-order valence-corrected chi connectivity index (χ4v) is 1.16. The van der Waals surface area contributed by atoms with Gasteiger partial charge in [-0.15, -0.1) is 0 Å². The molecule has 0 amide bonds. The van der Waals surface area contributed by atoms with Crippen LogP contribution < -0.4 is 11.1 Å². The number of nitrogens with zero attached hydrogens (tertiary/aromatic N) is 1. The summed E-state index contributed by atoms with van der Waals surface area (Å²) in [6.07, 6.45) is 1.66. The van der Waals surface area contributed by atoms with Crippen LogP contribution in [-0.4, -0.2) is 38.5 Å². The monoisotopic (exact) mass is 225 g/mol. The van der Waals surface area contributed by atoms with Crippen LogP contribution in [0.3, 0.4) is 0 Å². The van der Waals surface area contributed by atoms with Crippen molar-refractivity contribution in [2.75, 3.05) is 44.5 Å². The number of hydrogen-bond donors (Lipinski definition) is 2. The van der Waals surface area contributed by atoms with Gasteiger partial charge in [-0.2, -0.15) is 0 Å². The first kappa shape index (κ1) is 12.7. The molecule has 90 valence electrons. The number of rotatable bonds is 7. The number of anilines is 2. The van der Waals surface area contributed by atoms with E-state index in [0.717, 1.165) is 17.9 Å². The van der Waals surface area contributed by atoms with Crippen LogP contribution in [-0.2, 0) is 9.47 Å². The van der Waals surface area contributed by atoms with Crippen LogP contribution in [0, 0.1) is 6.92 Å². The van der Waals surface area contributed by atoms with Gasteiger partial charge in [0.1, 0.15) is 5.82 Å². The zero-order valence-corrected chi connectivity index (χ0v) is 9.82. The van der Waals surface area contributed by atoms with Gasteiger partial charge in [0.15, 0.2) is 0 Å². The molecule has 0 aliphatic rings. The molecule has 0 fully saturated rings. The van der Waals surface area contributed by atoms with Crippen molar-refractivity contribution in [3.05, 3.63) is 17.8 Å². The van der Waals surface area contributed by atoms with Crippen molar-refractivity contribution < 1.29 is 9.47 Å². The van der Waals surface area contributed by atoms with Crippen molar-refractivity contribution in [2.45, 2.75) is 6.92 Å². The van der Waals surface area contributed by atoms with Gasteiger partial charge in [0.05, 0.1) is 31.7 Å². The molecule has 0 spiro atoms. The first-order chi connectivity index (χ1) is 7.74. The molecule has 0 bridgehead atoms. The van der Waals surface area contributed by atoms with Gasteiger partial charge in [0.2, 0.25) is 0 Å². The van der Waals surface area contributed by atoms with Gasteiger partial charge in [-0.25, -0.2) is 4.98 Å². The Bertz CT molecular complexity index is 318. The predicted octanol–water partition coefficient (Wildman–Crippen LogP) is 1.05. The number of methoxy groups -OCH3 is 1. The van der Waals surface area contributed by atoms with Crippen LogP contribution in [0.2, 0.25) is 0 Å². The summed E-state index contributed by atoms with van der Waals surface area (Å²) in [5, 5.41) is 3.16. The lowest BCUT2D eigenvalue weighted by atomic mass is 10.2. The zero-order chi connectivity index (χ0) is 11.8. The van der Waals surface area contributed by atoms with Crippen LogP contribution >= 0.6 is 0 Å². The third-order valence-corrected chi connectivity index (χ3v) is 2.14. The predicted molar refractivity (Wildman–Crippen MR) is 64.6 cm³/mol. The van der Waals surface area contributed by atoms with E-state index in [1.807, 2.05) is 13.0 Å². The van der Waals surface area contributed by atoms with Crippen LogP contribution in [0.4, 0.5) is 11.5 Å². The molecule has 0 aromatic carbocycles. The minimum Gasteiger partial charge on any atom is -0.397 e. The fourth-order valence-electron chi connectivity index (χ4n) is 1.16. The van der Waals surface area contributed by atoms with E-state index in [9.17, 15) is 0 Å². The fraction of sp³-hybridized carbons (Fsp3) is 0.545. The van der Waals surface area contributed by atoms with E-state index in [2.05, 4.69) is 10.3 Å². The van der Waals surface area contributed by atoms with Crippen molar-refractivity contribution in [2.24, 2.45) is 0 Å². The van der Waals surface area contributed by atoms with Gasteiger partial charge in [0, 0.05) is 13.7 Å². The van der Waals surface area contributed by atoms with E-state index in [-0.39, 0.29) is 0 Å². The lowest BCUT2D eigenvalue weighted by Crippen LogP contribution is -2.12. The normalized spacial score (nSPS) is 10.4. The first-order valence-corrected chi connectivity index (χ1v) is 5.26. The molecule has 1 aromatic heterocycles. The molecule has 0 unspecified atom stereocenters. The maximum atomic E-state index is 5.67. The van der Waals surface area contributed by atoms with Crippen LogP contribution in [0.5, 0.6) is 0 Å². The molecule has 16 heavy (non-hydrogen) atoms. The zero-order valence-electron chi connectivity index (χ0n) is 9.82. The Balaban J connectivity index is 2.19. The number of hydrogen-bond acceptors (Lipinski definition) is 5. The van der Waals surface area contributed by atoms with E-state index in [4.69, 9.17) is 15.2 Å². The molecular weight excluding hydrogens is 206 g/mol. The van der Waals surface area contributed by atoms with E-state index in [1.165, 1.54) is 0 Å². The Morgan fingerprint density at radius 3 is 2.88 bits per heavy atom. The molecule has 1 rings (SSSR count). The van der Waals surface area contributed by atoms with Gasteiger partial charge < -0.3 is 20.5 Å². The van der Waals surface area contributed by atoms with Crippen LogP contribution in [0.15, 0.2) is 12.3 Å². The molecular formula is C11H19N3O2. The molecule has 3 N–H and O–H groups in total. The highest BCUT2D eigenvalue weighted by atomic mass is 16.5. The topological polar surface area (TPSA) is 69.4 Å². The molecule has 0 radical (unpaired) electrons. The minimum atomic E-state index is 0.617. The summed E-state index contributed by atoms with van der Waals surface area (Å²) in [7, 11) is 1.66. The summed E-state index contributed by atoms with van der Waals surface area (Å²) in [5.74, 6) is 0.821. The number of nitrogen functional groups attached to an aromatic ring is 1. The van der Waals surface area contributed by atoms with Gasteiger partial charge in [-0.1, -0.05) is 0 Å². The lowest BCUT2D eigenvalue weighted by Gasteiger charge is -2.07. The summed E-state index contributed by atoms with van der Waals surface area (Å²) in [5.41, 5.74) is 7.41. The Morgan fingerprint density at radius 2 is 2.19 bits per heavy atom. The second-order valence-electron chi connectivity index (χ2n) is 3.46. The number of ether oxygens (including phenoxy) is 2. The number of nitrogens with two attached hydrogens (primary N) is 1. The highest BCUT2D eigenvalue weighted by molar-refractivity contribution is 5.50. The Kier molecular flexibility index (Phi) is 5.60. The molecule has 0 saturated carbocycles. The molecule has 5 heteroatoms. The number of aryl methyl sites for hydroxylation is 1. The highest BCUT2D eigenvalue weighted by Crippen LogP contribution is 2.12. The summed E-state index contributed by atoms with van der Waals surface area (Å²) >= 11 is 0. The minimum absolute atomic E-state index is 0.617. The van der Waals surface area contributed by atoms with Gasteiger partial charge in [-0.3, -0.25) is 0 Å². The SMILES string of the molecule is COCCOCCNc1cc(C)c(N)cn1. The highest BCUT2D eigenvalue weighted by Gasteiger charge is 1.97. The molecule has 1 heterocycles. The Hall–Kier alpha value is -1.33. The van der Waals surface area contributed by atoms with Crippen molar-refractivity contribution in [1.29, 1.82) is 0 Å². The summed E-state index contributed by atoms with van der Waals surface area (Å²) < 4.78 is 10.2. The maximum Gasteiger partial charge on any atom is 0.126 e. The van der Waals surface area contributed by atoms with E-state index in [1.54, 1.807) is 13.3 Å². The first-order valence-electron chi connectivity index (χ1n) is 5.26. The van der Waals surface area contributed by atoms with E-state index >= 15 is 0 Å². The van der Waals surface area contributed by atoms with Crippen LogP contribution in [0.1, 0.15) is 5.56 Å². The van der Waals surface area contributed by atoms with Crippen molar-refractivity contribution >= 4 is 11.5 Å². The van der Waals surface area contributed by atoms with Gasteiger partial charge in [-0.05, 0) is 18.6 Å². The van der Waals surface area contributed by atoms with Crippen molar-refractivity contribution in [3.8, 4) is 0 Å². The molecule has 0 atom stereocenters.